The van der Waals surface area contributed by atoms with Gasteiger partial charge in [-0.15, -0.1) is 11.3 Å². The van der Waals surface area contributed by atoms with E-state index < -0.39 is 0 Å². The summed E-state index contributed by atoms with van der Waals surface area (Å²) < 4.78 is 0. The maximum Gasteiger partial charge on any atom is 0.301 e. The van der Waals surface area contributed by atoms with Crippen LogP contribution in [-0.2, 0) is 0 Å². The average Bonchev–Trinajstić information content (AvgIpc) is 3.08. The number of fused-ring (bicyclic) bond motifs is 1. The summed E-state index contributed by atoms with van der Waals surface area (Å²) >= 11 is 1.68. The van der Waals surface area contributed by atoms with Gasteiger partial charge >= 0.3 is 5.69 Å². The van der Waals surface area contributed by atoms with Crippen molar-refractivity contribution in [1.82, 2.24) is 9.88 Å². The fourth-order valence-corrected chi connectivity index (χ4v) is 3.62. The van der Waals surface area contributed by atoms with Crippen LogP contribution in [0.5, 0.6) is 0 Å². The van der Waals surface area contributed by atoms with Gasteiger partial charge < -0.3 is 10.2 Å². The normalized spacial score (nSPS) is 12.5. The molecule has 2 heterocycles. The highest BCUT2D eigenvalue weighted by atomic mass is 32.1. The summed E-state index contributed by atoms with van der Waals surface area (Å²) in [6, 6.07) is 11.2. The van der Waals surface area contributed by atoms with Crippen molar-refractivity contribution in [2.24, 2.45) is 0 Å². The van der Waals surface area contributed by atoms with Gasteiger partial charge in [0.1, 0.15) is 5.69 Å². The zero-order chi connectivity index (χ0) is 17.1. The van der Waals surface area contributed by atoms with E-state index >= 15 is 0 Å². The Balaban J connectivity index is 1.92. The van der Waals surface area contributed by atoms with Crippen LogP contribution >= 0.6 is 11.3 Å². The van der Waals surface area contributed by atoms with E-state index in [2.05, 4.69) is 21.3 Å². The first kappa shape index (κ1) is 16.4. The number of hydrogen-bond donors (Lipinski definition) is 1. The zero-order valence-corrected chi connectivity index (χ0v) is 14.3. The quantitative estimate of drug-likeness (QED) is 0.543. The van der Waals surface area contributed by atoms with E-state index in [-0.39, 0.29) is 16.7 Å². The van der Waals surface area contributed by atoms with Gasteiger partial charge in [-0.2, -0.15) is 0 Å². The van der Waals surface area contributed by atoms with E-state index in [1.807, 2.05) is 25.5 Å². The highest BCUT2D eigenvalue weighted by Gasteiger charge is 2.21. The third-order valence-electron chi connectivity index (χ3n) is 3.92. The summed E-state index contributed by atoms with van der Waals surface area (Å²) in [5.74, 6) is 0. The van der Waals surface area contributed by atoms with Crippen molar-refractivity contribution < 1.29 is 4.92 Å². The SMILES string of the molecule is CN(C)C(CNc1ccc2ncccc2c1[N+](=O)[O-])c1cccs1. The molecule has 0 radical (unpaired) electrons. The molecule has 0 aliphatic carbocycles. The summed E-state index contributed by atoms with van der Waals surface area (Å²) in [7, 11) is 4.01. The van der Waals surface area contributed by atoms with Gasteiger partial charge in [0, 0.05) is 17.6 Å². The van der Waals surface area contributed by atoms with Gasteiger partial charge in [-0.1, -0.05) is 6.07 Å². The largest absolute Gasteiger partial charge is 0.378 e. The van der Waals surface area contributed by atoms with Crippen molar-refractivity contribution in [3.63, 3.8) is 0 Å². The molecule has 124 valence electrons. The topological polar surface area (TPSA) is 71.3 Å². The van der Waals surface area contributed by atoms with Crippen molar-refractivity contribution in [3.05, 3.63) is 63.0 Å². The molecule has 1 N–H and O–H groups in total. The Morgan fingerprint density at radius 2 is 2.12 bits per heavy atom. The average molecular weight is 342 g/mol. The monoisotopic (exact) mass is 342 g/mol. The Bertz CT molecular complexity index is 849. The molecule has 3 rings (SSSR count). The highest BCUT2D eigenvalue weighted by Crippen LogP contribution is 2.33. The van der Waals surface area contributed by atoms with Gasteiger partial charge in [-0.05, 0) is 49.8 Å². The number of thiophene rings is 1. The molecule has 0 saturated carbocycles. The molecule has 6 nitrogen and oxygen atoms in total. The Morgan fingerprint density at radius 1 is 1.29 bits per heavy atom. The van der Waals surface area contributed by atoms with E-state index in [9.17, 15) is 10.1 Å². The smallest absolute Gasteiger partial charge is 0.301 e. The summed E-state index contributed by atoms with van der Waals surface area (Å²) in [6.07, 6.45) is 1.64. The summed E-state index contributed by atoms with van der Waals surface area (Å²) in [6.45, 7) is 0.583. The number of nitrogens with zero attached hydrogens (tertiary/aromatic N) is 3. The Labute approximate surface area is 143 Å². The fraction of sp³-hybridized carbons (Fsp3) is 0.235. The van der Waals surface area contributed by atoms with Crippen LogP contribution in [0, 0.1) is 10.1 Å². The Hall–Kier alpha value is -2.51. The van der Waals surface area contributed by atoms with E-state index in [0.29, 0.717) is 23.1 Å². The number of nitro groups is 1. The van der Waals surface area contributed by atoms with Gasteiger partial charge in [-0.25, -0.2) is 0 Å². The third-order valence-corrected chi connectivity index (χ3v) is 4.89. The van der Waals surface area contributed by atoms with E-state index in [4.69, 9.17) is 0 Å². The van der Waals surface area contributed by atoms with Gasteiger partial charge in [0.2, 0.25) is 0 Å². The van der Waals surface area contributed by atoms with Crippen LogP contribution < -0.4 is 5.32 Å². The van der Waals surface area contributed by atoms with Crippen LogP contribution in [0.2, 0.25) is 0 Å². The standard InChI is InChI=1S/C17H18N4O2S/c1-20(2)15(16-6-4-10-24-16)11-19-14-8-7-13-12(5-3-9-18-13)17(14)21(22)23/h3-10,15,19H,11H2,1-2H3. The molecule has 0 spiro atoms. The predicted molar refractivity (Wildman–Crippen MR) is 97.6 cm³/mol. The first-order valence-electron chi connectivity index (χ1n) is 7.53. The predicted octanol–water partition coefficient (Wildman–Crippen LogP) is 3.92. The number of benzene rings is 1. The molecule has 0 bridgehead atoms. The van der Waals surface area contributed by atoms with Crippen LogP contribution in [0.25, 0.3) is 10.9 Å². The minimum atomic E-state index is -0.345. The van der Waals surface area contributed by atoms with Crippen molar-refractivity contribution in [2.75, 3.05) is 26.0 Å². The number of aromatic nitrogens is 1. The number of rotatable bonds is 6. The molecule has 2 aromatic heterocycles. The number of nitrogens with one attached hydrogen (secondary N) is 1. The zero-order valence-electron chi connectivity index (χ0n) is 13.5. The molecule has 0 amide bonds. The molecule has 1 unspecified atom stereocenters. The number of anilines is 1. The molecule has 1 aromatic carbocycles. The lowest BCUT2D eigenvalue weighted by Gasteiger charge is -2.24. The second kappa shape index (κ2) is 6.94. The van der Waals surface area contributed by atoms with E-state index in [1.165, 1.54) is 4.88 Å². The summed E-state index contributed by atoms with van der Waals surface area (Å²) in [4.78, 5) is 18.7. The van der Waals surface area contributed by atoms with Crippen molar-refractivity contribution in [1.29, 1.82) is 0 Å². The number of likely N-dealkylation sites (N-methyl/N-ethyl adjacent to an activating group) is 1. The van der Waals surface area contributed by atoms with Gasteiger partial charge in [0.25, 0.3) is 0 Å². The van der Waals surface area contributed by atoms with Crippen LogP contribution in [0.15, 0.2) is 48.0 Å². The van der Waals surface area contributed by atoms with Crippen LogP contribution in [0.3, 0.4) is 0 Å². The molecular formula is C17H18N4O2S. The Morgan fingerprint density at radius 3 is 2.79 bits per heavy atom. The van der Waals surface area contributed by atoms with Crippen LogP contribution in [0.1, 0.15) is 10.9 Å². The van der Waals surface area contributed by atoms with E-state index in [0.717, 1.165) is 0 Å². The molecule has 0 aliphatic heterocycles. The van der Waals surface area contributed by atoms with Gasteiger partial charge in [0.05, 0.1) is 21.9 Å². The minimum Gasteiger partial charge on any atom is -0.378 e. The molecule has 7 heteroatoms. The molecule has 3 aromatic rings. The molecule has 1 atom stereocenters. The van der Waals surface area contributed by atoms with Crippen LogP contribution in [0.4, 0.5) is 11.4 Å². The maximum absolute atomic E-state index is 11.6. The van der Waals surface area contributed by atoms with Gasteiger partial charge in [0.15, 0.2) is 0 Å². The first-order valence-corrected chi connectivity index (χ1v) is 8.41. The molecular weight excluding hydrogens is 324 g/mol. The fourth-order valence-electron chi connectivity index (χ4n) is 2.70. The Kier molecular flexibility index (Phi) is 4.73. The van der Waals surface area contributed by atoms with Crippen molar-refractivity contribution in [2.45, 2.75) is 6.04 Å². The molecule has 24 heavy (non-hydrogen) atoms. The number of nitro benzene ring substituents is 1. The van der Waals surface area contributed by atoms with Crippen molar-refractivity contribution >= 4 is 33.6 Å². The molecule has 0 saturated heterocycles. The van der Waals surface area contributed by atoms with Crippen LogP contribution in [-0.4, -0.2) is 35.4 Å². The lowest BCUT2D eigenvalue weighted by Crippen LogP contribution is -2.26. The highest BCUT2D eigenvalue weighted by molar-refractivity contribution is 7.10. The van der Waals surface area contributed by atoms with E-state index in [1.54, 1.807) is 41.8 Å². The second-order valence-corrected chi connectivity index (χ2v) is 6.64. The minimum absolute atomic E-state index is 0.0734. The number of pyridine rings is 1. The van der Waals surface area contributed by atoms with Gasteiger partial charge in [-0.3, -0.25) is 15.1 Å². The summed E-state index contributed by atoms with van der Waals surface area (Å²) in [5, 5.41) is 17.4. The lowest BCUT2D eigenvalue weighted by molar-refractivity contribution is -0.382. The second-order valence-electron chi connectivity index (χ2n) is 5.66. The van der Waals surface area contributed by atoms with Crippen molar-refractivity contribution in [3.8, 4) is 0 Å². The summed E-state index contributed by atoms with van der Waals surface area (Å²) in [5.41, 5.74) is 1.21. The molecule has 0 aliphatic rings. The third kappa shape index (κ3) is 3.22. The maximum atomic E-state index is 11.6. The lowest BCUT2D eigenvalue weighted by atomic mass is 10.1. The number of hydrogen-bond acceptors (Lipinski definition) is 6. The molecule has 0 fully saturated rings. The first-order chi connectivity index (χ1) is 11.6.